The van der Waals surface area contributed by atoms with Gasteiger partial charge >= 0.3 is 0 Å². The fourth-order valence-electron chi connectivity index (χ4n) is 0.593. The topological polar surface area (TPSA) is 52.9 Å². The Morgan fingerprint density at radius 1 is 1.50 bits per heavy atom. The number of nitroso groups, excluding NO2 is 1. The Balaban J connectivity index is 3.93. The zero-order valence-electron chi connectivity index (χ0n) is 6.66. The van der Waals surface area contributed by atoms with Crippen molar-refractivity contribution < 1.29 is 5.11 Å². The quantitative estimate of drug-likeness (QED) is 0.472. The molecule has 4 heteroatoms. The number of aliphatic hydroxyl groups excluding tert-OH is 1. The first-order chi connectivity index (χ1) is 4.52. The lowest BCUT2D eigenvalue weighted by atomic mass is 10.1. The minimum atomic E-state index is -0.287. The number of aliphatic hydroxyl groups is 1. The van der Waals surface area contributed by atoms with Gasteiger partial charge in [-0.15, -0.1) is 4.91 Å². The van der Waals surface area contributed by atoms with Crippen LogP contribution in [0.4, 0.5) is 0 Å². The molecule has 0 unspecified atom stereocenters. The summed E-state index contributed by atoms with van der Waals surface area (Å²) in [6.07, 6.45) is 0. The zero-order valence-corrected chi connectivity index (χ0v) is 6.66. The van der Waals surface area contributed by atoms with Crippen molar-refractivity contribution in [3.8, 4) is 0 Å². The summed E-state index contributed by atoms with van der Waals surface area (Å²) >= 11 is 0. The van der Waals surface area contributed by atoms with E-state index in [2.05, 4.69) is 5.29 Å². The zero-order chi connectivity index (χ0) is 8.20. The monoisotopic (exact) mass is 146 g/mol. The number of rotatable bonds is 3. The second-order valence-corrected chi connectivity index (χ2v) is 3.10. The van der Waals surface area contributed by atoms with Crippen molar-refractivity contribution in [2.45, 2.75) is 26.3 Å². The van der Waals surface area contributed by atoms with E-state index in [9.17, 15) is 4.91 Å². The van der Waals surface area contributed by atoms with E-state index in [1.807, 2.05) is 20.8 Å². The van der Waals surface area contributed by atoms with Crippen molar-refractivity contribution in [1.29, 1.82) is 0 Å². The van der Waals surface area contributed by atoms with Crippen molar-refractivity contribution in [2.75, 3.05) is 13.2 Å². The molecule has 0 aliphatic rings. The van der Waals surface area contributed by atoms with Crippen LogP contribution in [0.25, 0.3) is 0 Å². The molecule has 0 fully saturated rings. The predicted molar refractivity (Wildman–Crippen MR) is 39.3 cm³/mol. The van der Waals surface area contributed by atoms with Crippen LogP contribution in [-0.2, 0) is 0 Å². The fraction of sp³-hybridized carbons (Fsp3) is 1.00. The third kappa shape index (κ3) is 2.77. The van der Waals surface area contributed by atoms with E-state index in [-0.39, 0.29) is 12.1 Å². The van der Waals surface area contributed by atoms with Crippen LogP contribution in [0, 0.1) is 4.91 Å². The first-order valence-electron chi connectivity index (χ1n) is 3.24. The summed E-state index contributed by atoms with van der Waals surface area (Å²) in [6, 6.07) is 0. The van der Waals surface area contributed by atoms with Gasteiger partial charge in [0.05, 0.1) is 24.0 Å². The van der Waals surface area contributed by atoms with E-state index < -0.39 is 0 Å². The molecule has 4 nitrogen and oxygen atoms in total. The standard InChI is InChI=1S/C6H14N2O2/c1-6(2,3)8(7-10)4-5-9/h9H,4-5H2,1-3H3. The maximum absolute atomic E-state index is 10.1. The lowest BCUT2D eigenvalue weighted by molar-refractivity contribution is 0.108. The van der Waals surface area contributed by atoms with Gasteiger partial charge in [-0.1, -0.05) is 0 Å². The van der Waals surface area contributed by atoms with Crippen LogP contribution in [-0.4, -0.2) is 28.8 Å². The van der Waals surface area contributed by atoms with Gasteiger partial charge in [-0.05, 0) is 20.8 Å². The van der Waals surface area contributed by atoms with Crippen molar-refractivity contribution in [3.05, 3.63) is 4.91 Å². The molecule has 0 saturated heterocycles. The third-order valence-electron chi connectivity index (χ3n) is 1.18. The van der Waals surface area contributed by atoms with Crippen molar-refractivity contribution in [3.63, 3.8) is 0 Å². The average Bonchev–Trinajstić information content (AvgIpc) is 1.80. The maximum Gasteiger partial charge on any atom is 0.0630 e. The van der Waals surface area contributed by atoms with E-state index >= 15 is 0 Å². The minimum absolute atomic E-state index is 0.0387. The molecule has 0 aromatic heterocycles. The molecule has 0 radical (unpaired) electrons. The van der Waals surface area contributed by atoms with Gasteiger partial charge < -0.3 is 5.11 Å². The molecule has 0 heterocycles. The molecule has 0 saturated carbocycles. The fourth-order valence-corrected chi connectivity index (χ4v) is 0.593. The number of hydrogen-bond donors (Lipinski definition) is 1. The summed E-state index contributed by atoms with van der Waals surface area (Å²) in [5, 5.41) is 12.6. The Labute approximate surface area is 60.8 Å². The molecule has 0 spiro atoms. The number of β-amino-alcohol motifs (C(OH)–C–C–N with tert-alkyl or cyclic N) is 1. The number of nitrogens with zero attached hydrogens (tertiary/aromatic N) is 2. The Hall–Kier alpha value is -0.640. The summed E-state index contributed by atoms with van der Waals surface area (Å²) in [5.74, 6) is 0. The first kappa shape index (κ1) is 9.36. The highest BCUT2D eigenvalue weighted by Crippen LogP contribution is 2.11. The molecule has 0 aliphatic carbocycles. The third-order valence-corrected chi connectivity index (χ3v) is 1.18. The highest BCUT2D eigenvalue weighted by atomic mass is 16.3. The number of hydrogen-bond acceptors (Lipinski definition) is 3. The first-order valence-corrected chi connectivity index (χ1v) is 3.24. The van der Waals surface area contributed by atoms with Gasteiger partial charge in [0.25, 0.3) is 0 Å². The molecule has 60 valence electrons. The summed E-state index contributed by atoms with van der Waals surface area (Å²) in [4.78, 5) is 10.1. The van der Waals surface area contributed by atoms with Gasteiger partial charge in [0.15, 0.2) is 0 Å². The molecule has 1 N–H and O–H groups in total. The van der Waals surface area contributed by atoms with Crippen LogP contribution in [0.15, 0.2) is 5.29 Å². The van der Waals surface area contributed by atoms with Gasteiger partial charge in [-0.25, -0.2) is 0 Å². The van der Waals surface area contributed by atoms with E-state index in [1.165, 1.54) is 5.01 Å². The molecule has 0 bridgehead atoms. The summed E-state index contributed by atoms with van der Waals surface area (Å²) in [6.45, 7) is 5.86. The van der Waals surface area contributed by atoms with E-state index in [4.69, 9.17) is 5.11 Å². The second kappa shape index (κ2) is 3.51. The highest BCUT2D eigenvalue weighted by molar-refractivity contribution is 4.71. The van der Waals surface area contributed by atoms with Crippen molar-refractivity contribution >= 4 is 0 Å². The van der Waals surface area contributed by atoms with Crippen LogP contribution in [0.5, 0.6) is 0 Å². The maximum atomic E-state index is 10.1. The molecule has 0 rings (SSSR count). The summed E-state index contributed by atoms with van der Waals surface area (Å²) in [7, 11) is 0. The molecule has 0 aliphatic heterocycles. The summed E-state index contributed by atoms with van der Waals surface area (Å²) in [5.41, 5.74) is -0.287. The minimum Gasteiger partial charge on any atom is -0.394 e. The van der Waals surface area contributed by atoms with E-state index in [0.29, 0.717) is 6.54 Å². The largest absolute Gasteiger partial charge is 0.394 e. The Kier molecular flexibility index (Phi) is 3.28. The summed E-state index contributed by atoms with van der Waals surface area (Å²) < 4.78 is 0. The molecule has 0 aromatic rings. The predicted octanol–water partition coefficient (Wildman–Crippen LogP) is 0.761. The van der Waals surface area contributed by atoms with Gasteiger partial charge in [0.2, 0.25) is 0 Å². The van der Waals surface area contributed by atoms with Gasteiger partial charge in [0.1, 0.15) is 0 Å². The SMILES string of the molecule is CC(C)(C)N(CCO)N=O. The Morgan fingerprint density at radius 2 is 2.00 bits per heavy atom. The molecule has 0 atom stereocenters. The van der Waals surface area contributed by atoms with Crippen LogP contribution in [0.1, 0.15) is 20.8 Å². The van der Waals surface area contributed by atoms with Gasteiger partial charge in [0, 0.05) is 0 Å². The molecule has 0 aromatic carbocycles. The lowest BCUT2D eigenvalue weighted by Gasteiger charge is -2.28. The lowest BCUT2D eigenvalue weighted by Crippen LogP contribution is -2.38. The molecular formula is C6H14N2O2. The van der Waals surface area contributed by atoms with E-state index in [1.54, 1.807) is 0 Å². The van der Waals surface area contributed by atoms with Crippen LogP contribution in [0.3, 0.4) is 0 Å². The Bertz CT molecular complexity index is 109. The molecule has 10 heavy (non-hydrogen) atoms. The Morgan fingerprint density at radius 3 is 2.10 bits per heavy atom. The van der Waals surface area contributed by atoms with Crippen molar-refractivity contribution in [2.24, 2.45) is 5.29 Å². The van der Waals surface area contributed by atoms with Gasteiger partial charge in [-0.3, -0.25) is 5.01 Å². The van der Waals surface area contributed by atoms with E-state index in [0.717, 1.165) is 0 Å². The van der Waals surface area contributed by atoms with Crippen LogP contribution < -0.4 is 0 Å². The molecule has 0 amide bonds. The van der Waals surface area contributed by atoms with Crippen LogP contribution >= 0.6 is 0 Å². The van der Waals surface area contributed by atoms with Crippen LogP contribution in [0.2, 0.25) is 0 Å². The van der Waals surface area contributed by atoms with Gasteiger partial charge in [-0.2, -0.15) is 0 Å². The second-order valence-electron chi connectivity index (χ2n) is 3.10. The highest BCUT2D eigenvalue weighted by Gasteiger charge is 2.19. The smallest absolute Gasteiger partial charge is 0.0630 e. The molecular weight excluding hydrogens is 132 g/mol. The normalized spacial score (nSPS) is 11.2. The van der Waals surface area contributed by atoms with Crippen molar-refractivity contribution in [1.82, 2.24) is 5.01 Å². The average molecular weight is 146 g/mol.